The summed E-state index contributed by atoms with van der Waals surface area (Å²) in [4.78, 5) is 62.8. The molecule has 3 fully saturated rings. The highest BCUT2D eigenvalue weighted by atomic mass is 16.2. The van der Waals surface area contributed by atoms with Crippen molar-refractivity contribution in [1.29, 1.82) is 5.41 Å². The molecule has 242 valence electrons. The Balaban J connectivity index is 0.845. The maximum atomic E-state index is 12.9. The fourth-order valence-corrected chi connectivity index (χ4v) is 7.22. The monoisotopic (exact) mass is 634 g/mol. The minimum Gasteiger partial charge on any atom is -0.387 e. The van der Waals surface area contributed by atoms with Gasteiger partial charge in [-0.25, -0.2) is 4.98 Å². The number of anilines is 1. The fraction of sp³-hybridized carbons (Fsp3) is 0.400. The molecule has 3 aliphatic heterocycles. The van der Waals surface area contributed by atoms with E-state index in [9.17, 15) is 19.2 Å². The molecule has 3 aromatic rings. The molecule has 0 radical (unpaired) electrons. The molecule has 1 saturated carbocycles. The number of rotatable bonds is 9. The number of hydrogen-bond donors (Lipinski definition) is 4. The van der Waals surface area contributed by atoms with Crippen molar-refractivity contribution in [1.82, 2.24) is 30.4 Å². The Bertz CT molecular complexity index is 1780. The van der Waals surface area contributed by atoms with E-state index in [2.05, 4.69) is 30.8 Å². The number of benzene rings is 2. The van der Waals surface area contributed by atoms with Gasteiger partial charge in [-0.1, -0.05) is 12.1 Å². The number of aromatic nitrogens is 2. The van der Waals surface area contributed by atoms with Gasteiger partial charge in [0.25, 0.3) is 5.91 Å². The lowest BCUT2D eigenvalue weighted by Gasteiger charge is -2.45. The quantitative estimate of drug-likeness (QED) is 0.206. The summed E-state index contributed by atoms with van der Waals surface area (Å²) in [6.07, 6.45) is 9.93. The smallest absolute Gasteiger partial charge is 0.255 e. The first-order chi connectivity index (χ1) is 22.8. The fourth-order valence-electron chi connectivity index (χ4n) is 7.22. The Morgan fingerprint density at radius 2 is 1.83 bits per heavy atom. The first-order valence-corrected chi connectivity index (χ1v) is 16.3. The molecule has 47 heavy (non-hydrogen) atoms. The molecule has 1 aliphatic carbocycles. The number of imide groups is 1. The van der Waals surface area contributed by atoms with Gasteiger partial charge in [0, 0.05) is 73.8 Å². The van der Waals surface area contributed by atoms with Gasteiger partial charge in [0.2, 0.25) is 17.7 Å². The number of carbonyl (C=O) groups excluding carboxylic acids is 4. The van der Waals surface area contributed by atoms with Crippen LogP contribution in [0.15, 0.2) is 54.9 Å². The first kappa shape index (κ1) is 30.7. The third kappa shape index (κ3) is 6.50. The van der Waals surface area contributed by atoms with Gasteiger partial charge < -0.3 is 25.8 Å². The minimum atomic E-state index is -0.660. The van der Waals surface area contributed by atoms with Crippen LogP contribution >= 0.6 is 0 Å². The lowest BCUT2D eigenvalue weighted by atomic mass is 9.76. The summed E-state index contributed by atoms with van der Waals surface area (Å²) in [6, 6.07) is 13.1. The summed E-state index contributed by atoms with van der Waals surface area (Å²) < 4.78 is 0. The van der Waals surface area contributed by atoms with Crippen LogP contribution in [0.25, 0.3) is 16.6 Å². The van der Waals surface area contributed by atoms with Crippen molar-refractivity contribution < 1.29 is 19.2 Å². The van der Waals surface area contributed by atoms with Crippen molar-refractivity contribution in [3.05, 3.63) is 71.7 Å². The Morgan fingerprint density at radius 1 is 1.04 bits per heavy atom. The Labute approximate surface area is 272 Å². The molecule has 2 aromatic carbocycles. The van der Waals surface area contributed by atoms with Crippen molar-refractivity contribution in [2.24, 2.45) is 5.92 Å². The number of amides is 4. The van der Waals surface area contributed by atoms with E-state index in [1.165, 1.54) is 11.1 Å². The predicted octanol–water partition coefficient (Wildman–Crippen LogP) is 3.24. The largest absolute Gasteiger partial charge is 0.387 e. The molecule has 12 heteroatoms. The lowest BCUT2D eigenvalue weighted by Crippen LogP contribution is -2.52. The lowest BCUT2D eigenvalue weighted by molar-refractivity contribution is -0.137. The van der Waals surface area contributed by atoms with Gasteiger partial charge in [-0.2, -0.15) is 0 Å². The van der Waals surface area contributed by atoms with Gasteiger partial charge in [0.15, 0.2) is 0 Å². The molecular weight excluding hydrogens is 596 g/mol. The first-order valence-electron chi connectivity index (χ1n) is 16.3. The summed E-state index contributed by atoms with van der Waals surface area (Å²) >= 11 is 0. The van der Waals surface area contributed by atoms with Gasteiger partial charge in [0.05, 0.1) is 22.9 Å². The molecule has 1 aromatic heterocycles. The average molecular weight is 635 g/mol. The number of carbonyl (C=O) groups is 4. The Kier molecular flexibility index (Phi) is 8.50. The van der Waals surface area contributed by atoms with Gasteiger partial charge >= 0.3 is 0 Å². The van der Waals surface area contributed by atoms with Gasteiger partial charge in [0.1, 0.15) is 6.04 Å². The molecule has 1 unspecified atom stereocenters. The second-order valence-corrected chi connectivity index (χ2v) is 13.0. The number of allylic oxidation sites excluding steroid dienone is 1. The van der Waals surface area contributed by atoms with Gasteiger partial charge in [-0.15, -0.1) is 0 Å². The molecule has 7 rings (SSSR count). The highest BCUT2D eigenvalue weighted by Gasteiger charge is 2.39. The molecule has 12 nitrogen and oxygen atoms in total. The zero-order chi connectivity index (χ0) is 32.5. The normalized spacial score (nSPS) is 23.7. The standard InChI is InChI=1S/C35H38N8O4/c36-17-23(30-19-38-28-3-1-2-4-29(28)40-30)18-37-24-9-11-42(12-10-24)26-13-21(14-26)15-33(45)39-25-5-6-27-22(16-25)20-43(35(27)47)31-7-8-32(44)41-34(31)46/h1-6,16-19,21,24,26,31,36-37H,7-15,20H2,(H,39,45)(H,41,44,46)/b23-18+,36-17?. The Morgan fingerprint density at radius 3 is 2.60 bits per heavy atom. The van der Waals surface area contributed by atoms with Crippen LogP contribution in [-0.4, -0.2) is 80.8 Å². The highest BCUT2D eigenvalue weighted by Crippen LogP contribution is 2.36. The van der Waals surface area contributed by atoms with Crippen molar-refractivity contribution in [3.8, 4) is 0 Å². The second-order valence-electron chi connectivity index (χ2n) is 13.0. The summed E-state index contributed by atoms with van der Waals surface area (Å²) in [5.41, 5.74) is 4.96. The van der Waals surface area contributed by atoms with E-state index in [0.717, 1.165) is 55.4 Å². The van der Waals surface area contributed by atoms with Crippen LogP contribution in [0.4, 0.5) is 5.69 Å². The van der Waals surface area contributed by atoms with Crippen LogP contribution in [0.2, 0.25) is 0 Å². The van der Waals surface area contributed by atoms with E-state index >= 15 is 0 Å². The zero-order valence-electron chi connectivity index (χ0n) is 26.1. The minimum absolute atomic E-state index is 0.0347. The van der Waals surface area contributed by atoms with Gasteiger partial charge in [-0.3, -0.25) is 29.5 Å². The van der Waals surface area contributed by atoms with Crippen molar-refractivity contribution in [2.75, 3.05) is 18.4 Å². The number of nitrogens with one attached hydrogen (secondary N) is 4. The van der Waals surface area contributed by atoms with Crippen molar-refractivity contribution in [3.63, 3.8) is 0 Å². The van der Waals surface area contributed by atoms with E-state index < -0.39 is 11.9 Å². The molecule has 0 bridgehead atoms. The highest BCUT2D eigenvalue weighted by molar-refractivity contribution is 6.08. The molecular formula is C35H38N8O4. The summed E-state index contributed by atoms with van der Waals surface area (Å²) in [5.74, 6) is -0.666. The van der Waals surface area contributed by atoms with E-state index in [1.807, 2.05) is 36.5 Å². The third-order valence-corrected chi connectivity index (χ3v) is 9.91. The number of fused-ring (bicyclic) bond motifs is 2. The van der Waals surface area contributed by atoms with Crippen molar-refractivity contribution >= 4 is 52.1 Å². The van der Waals surface area contributed by atoms with Crippen molar-refractivity contribution in [2.45, 2.75) is 69.6 Å². The average Bonchev–Trinajstić information content (AvgIpc) is 3.38. The maximum Gasteiger partial charge on any atom is 0.255 e. The molecule has 2 saturated heterocycles. The van der Waals surface area contributed by atoms with Crippen LogP contribution < -0.4 is 16.0 Å². The summed E-state index contributed by atoms with van der Waals surface area (Å²) in [5, 5.41) is 16.7. The van der Waals surface area contributed by atoms with E-state index in [1.54, 1.807) is 18.3 Å². The van der Waals surface area contributed by atoms with E-state index in [-0.39, 0.29) is 30.7 Å². The molecule has 1 atom stereocenters. The topological polar surface area (TPSA) is 160 Å². The number of likely N-dealkylation sites (tertiary alicyclic amines) is 1. The number of para-hydroxylation sites is 2. The van der Waals surface area contributed by atoms with E-state index in [4.69, 9.17) is 5.41 Å². The van der Waals surface area contributed by atoms with Crippen LogP contribution in [-0.2, 0) is 20.9 Å². The second kappa shape index (κ2) is 13.0. The summed E-state index contributed by atoms with van der Waals surface area (Å²) in [7, 11) is 0. The van der Waals surface area contributed by atoms with E-state index in [0.29, 0.717) is 53.4 Å². The molecule has 4 amide bonds. The maximum absolute atomic E-state index is 12.9. The Hall–Kier alpha value is -4.97. The number of hydrogen-bond acceptors (Lipinski definition) is 9. The zero-order valence-corrected chi connectivity index (χ0v) is 26.1. The summed E-state index contributed by atoms with van der Waals surface area (Å²) in [6.45, 7) is 2.27. The predicted molar refractivity (Wildman–Crippen MR) is 176 cm³/mol. The molecule has 4 heterocycles. The molecule has 4 aliphatic rings. The number of piperidine rings is 2. The van der Waals surface area contributed by atoms with Gasteiger partial charge in [-0.05, 0) is 73.9 Å². The molecule has 4 N–H and O–H groups in total. The number of nitrogens with zero attached hydrogens (tertiary/aromatic N) is 4. The van der Waals surface area contributed by atoms with Crippen LogP contribution in [0.3, 0.4) is 0 Å². The SMILES string of the molecule is N=C/C(=C\NC1CCN(C2CC(CC(=O)Nc3ccc4c(c3)CN(C3CCC(=O)NC3=O)C4=O)C2)CC1)c1cnc2ccccc2n1. The molecule has 0 spiro atoms. The van der Waals surface area contributed by atoms with Crippen LogP contribution in [0, 0.1) is 11.3 Å². The van der Waals surface area contributed by atoms with Crippen LogP contribution in [0.5, 0.6) is 0 Å². The van der Waals surface area contributed by atoms with Crippen LogP contribution in [0.1, 0.15) is 66.6 Å². The third-order valence-electron chi connectivity index (χ3n) is 9.91.